The van der Waals surface area contributed by atoms with Crippen LogP contribution in [0.5, 0.6) is 0 Å². The van der Waals surface area contributed by atoms with Crippen molar-refractivity contribution in [3.8, 4) is 33.4 Å². The number of rotatable bonds is 19. The molecule has 1 aliphatic carbocycles. The normalized spacial score (nSPS) is 12.3. The molecule has 0 saturated carbocycles. The Balaban J connectivity index is 0.00000105. The third-order valence-corrected chi connectivity index (χ3v) is 20.0. The number of nitrogens with one attached hydrogen (secondary N) is 1. The molecule has 2 nitrogen and oxygen atoms in total. The van der Waals surface area contributed by atoms with Crippen LogP contribution in [0.3, 0.4) is 0 Å². The zero-order valence-corrected chi connectivity index (χ0v) is 48.4. The molecule has 364 valence electrons. The molecular weight excluding hydrogens is 1020 g/mol. The van der Waals surface area contributed by atoms with E-state index < -0.39 is 6.17 Å². The second-order valence-corrected chi connectivity index (χ2v) is 24.2. The first kappa shape index (κ1) is 60.1. The van der Waals surface area contributed by atoms with Gasteiger partial charge < -0.3 is 11.1 Å². The Morgan fingerprint density at radius 2 is 1.03 bits per heavy atom. The number of alkyl halides is 5. The minimum atomic E-state index is -0.565. The molecule has 0 aromatic heterocycles. The van der Waals surface area contributed by atoms with Crippen LogP contribution in [0.4, 0.5) is 10.1 Å². The van der Waals surface area contributed by atoms with Crippen molar-refractivity contribution < 1.29 is 4.39 Å². The van der Waals surface area contributed by atoms with Gasteiger partial charge in [0.2, 0.25) is 0 Å². The van der Waals surface area contributed by atoms with E-state index in [0.717, 1.165) is 5.69 Å². The number of allylic oxidation sites excluding steroid dienone is 4. The van der Waals surface area contributed by atoms with Crippen molar-refractivity contribution >= 4 is 48.1 Å². The van der Waals surface area contributed by atoms with Crippen molar-refractivity contribution in [1.82, 2.24) is 0 Å². The first-order valence-corrected chi connectivity index (χ1v) is 31.5. The molecule has 0 atom stereocenters. The number of benzene rings is 4. The van der Waals surface area contributed by atoms with E-state index >= 15 is 0 Å². The van der Waals surface area contributed by atoms with Crippen LogP contribution < -0.4 is 11.1 Å². The van der Waals surface area contributed by atoms with Gasteiger partial charge in [-0.25, -0.2) is 4.39 Å². The van der Waals surface area contributed by atoms with E-state index in [0.29, 0.717) is 12.8 Å². The maximum absolute atomic E-state index is 11.9. The van der Waals surface area contributed by atoms with Crippen LogP contribution in [-0.2, 0) is 10.8 Å². The Morgan fingerprint density at radius 1 is 0.631 bits per heavy atom. The monoisotopic (exact) mass is 1110 g/mol. The van der Waals surface area contributed by atoms with Gasteiger partial charge in [0, 0.05) is 18.1 Å². The molecule has 0 fully saturated rings. The van der Waals surface area contributed by atoms with Crippen molar-refractivity contribution in [2.45, 2.75) is 172 Å². The number of anilines is 1. The van der Waals surface area contributed by atoms with Gasteiger partial charge >= 0.3 is 273 Å². The van der Waals surface area contributed by atoms with E-state index in [1.807, 2.05) is 41.5 Å². The Morgan fingerprint density at radius 3 is 1.34 bits per heavy atom. The SMILES string of the molecule is CC.CC.CC1=CC=CCC1.CCC(F)CC.CCCC[IH]CC(C)(C)c1ccc(-c2cc(-c3ccc(C(C)(C)C[IH]CCCC)cc3)cc(-c3cc(C)c(N/C=C\N)c(C)c3)c2)cc1. The van der Waals surface area contributed by atoms with Crippen molar-refractivity contribution in [2.75, 3.05) is 23.0 Å². The molecule has 1 aliphatic rings. The fraction of sp³-hybridized carbons (Fsp3) is 0.500. The van der Waals surface area contributed by atoms with Gasteiger partial charge in [0.05, 0.1) is 6.17 Å². The summed E-state index contributed by atoms with van der Waals surface area (Å²) in [6, 6.07) is 30.7. The van der Waals surface area contributed by atoms with Gasteiger partial charge in [-0.2, -0.15) is 0 Å². The number of aryl methyl sites for hydroxylation is 2. The molecule has 4 aromatic carbocycles. The van der Waals surface area contributed by atoms with Crippen LogP contribution in [0, 0.1) is 13.8 Å². The summed E-state index contributed by atoms with van der Waals surface area (Å²) in [6.45, 7) is 32.6. The standard InChI is InChI=1S/C44H60I2N2.C7H10.C5H11F.2C2H6/c1-9-11-21-45-30-43(5,6)40-17-13-34(14-18-40)37-27-38(35-15-19-41(20-16-35)44(7,8)31-46-22-12-10-2)29-39(28-37)36-25-32(3)42(33(4)26-36)48-24-23-47;1-7-5-3-2-4-6-7;1-3-5(6)4-2;2*1-2/h13-20,23-29,45-46,48H,9-12,21-22,30-31,47H2,1-8H3;2-3,5H,4,6H2,1H3;5H,3-4H2,1-2H3;2*1-2H3/b24-23-;;;;. The summed E-state index contributed by atoms with van der Waals surface area (Å²) in [5.74, 6) is 0. The molecule has 0 radical (unpaired) electrons. The van der Waals surface area contributed by atoms with Crippen LogP contribution in [0.15, 0.2) is 115 Å². The molecule has 5 rings (SSSR count). The predicted molar refractivity (Wildman–Crippen MR) is 316 cm³/mol. The third-order valence-electron chi connectivity index (χ3n) is 11.4. The van der Waals surface area contributed by atoms with Crippen molar-refractivity contribution in [3.63, 3.8) is 0 Å². The molecule has 0 spiro atoms. The Labute approximate surface area is 421 Å². The Kier molecular flexibility index (Phi) is 31.0. The van der Waals surface area contributed by atoms with Crippen LogP contribution in [0.1, 0.15) is 164 Å². The quantitative estimate of drug-likeness (QED) is 0.0558. The van der Waals surface area contributed by atoms with Gasteiger partial charge in [0.15, 0.2) is 0 Å². The molecule has 0 aliphatic heterocycles. The molecule has 5 heteroatoms. The summed E-state index contributed by atoms with van der Waals surface area (Å²) in [7, 11) is 0. The molecule has 0 amide bonds. The van der Waals surface area contributed by atoms with Crippen molar-refractivity contribution in [1.29, 1.82) is 0 Å². The number of unbranched alkanes of at least 4 members (excludes halogenated alkanes) is 2. The van der Waals surface area contributed by atoms with Crippen LogP contribution in [-0.4, -0.2) is 23.9 Å². The molecule has 65 heavy (non-hydrogen) atoms. The molecule has 4 aromatic rings. The van der Waals surface area contributed by atoms with E-state index in [1.165, 1.54) is 117 Å². The van der Waals surface area contributed by atoms with Crippen molar-refractivity contribution in [3.05, 3.63) is 137 Å². The number of hydrogen-bond acceptors (Lipinski definition) is 2. The van der Waals surface area contributed by atoms with Gasteiger partial charge in [0.25, 0.3) is 0 Å². The summed E-state index contributed by atoms with van der Waals surface area (Å²) >= 11 is 0.119. The zero-order valence-electron chi connectivity index (χ0n) is 43.7. The average molecular weight is 1120 g/mol. The molecule has 0 unspecified atom stereocenters. The first-order valence-electron chi connectivity index (χ1n) is 24.9. The van der Waals surface area contributed by atoms with Crippen molar-refractivity contribution in [2.24, 2.45) is 5.73 Å². The first-order chi connectivity index (χ1) is 31.2. The number of halogens is 3. The van der Waals surface area contributed by atoms with Gasteiger partial charge in [-0.3, -0.25) is 0 Å². The van der Waals surface area contributed by atoms with E-state index in [-0.39, 0.29) is 53.2 Å². The van der Waals surface area contributed by atoms with E-state index in [4.69, 9.17) is 5.73 Å². The average Bonchev–Trinajstić information content (AvgIpc) is 3.33. The molecular formula is C60H93FI2N2. The molecule has 0 bridgehead atoms. The van der Waals surface area contributed by atoms with Gasteiger partial charge in [-0.1, -0.05) is 65.3 Å². The van der Waals surface area contributed by atoms with Crippen LogP contribution in [0.25, 0.3) is 33.4 Å². The van der Waals surface area contributed by atoms with E-state index in [9.17, 15) is 4.39 Å². The van der Waals surface area contributed by atoms with E-state index in [1.54, 1.807) is 12.4 Å². The number of hydrogen-bond donors (Lipinski definition) is 2. The third kappa shape index (κ3) is 21.7. The molecule has 3 N–H and O–H groups in total. The summed E-state index contributed by atoms with van der Waals surface area (Å²) in [5, 5.41) is 3.36. The minimum absolute atomic E-state index is 0.0594. The maximum atomic E-state index is 11.9. The summed E-state index contributed by atoms with van der Waals surface area (Å²) in [5.41, 5.74) is 21.6. The topological polar surface area (TPSA) is 38.0 Å². The second kappa shape index (κ2) is 33.5. The summed E-state index contributed by atoms with van der Waals surface area (Å²) < 4.78 is 17.5. The number of nitrogens with two attached hydrogens (primary N) is 1. The summed E-state index contributed by atoms with van der Waals surface area (Å²) in [6.07, 6.45) is 18.5. The van der Waals surface area contributed by atoms with Crippen LogP contribution >= 0.6 is 42.4 Å². The Hall–Kier alpha value is -2.91. The second-order valence-electron chi connectivity index (χ2n) is 17.9. The fourth-order valence-electron chi connectivity index (χ4n) is 7.17. The van der Waals surface area contributed by atoms with Gasteiger partial charge in [0.1, 0.15) is 0 Å². The molecule has 0 heterocycles. The summed E-state index contributed by atoms with van der Waals surface area (Å²) in [4.78, 5) is 0. The van der Waals surface area contributed by atoms with Gasteiger partial charge in [-0.15, -0.1) is 0 Å². The van der Waals surface area contributed by atoms with Gasteiger partial charge in [-0.05, 0) is 46.5 Å². The Bertz CT molecular complexity index is 1860. The fourth-order valence-corrected chi connectivity index (χ4v) is 14.7. The molecule has 0 saturated heterocycles. The zero-order chi connectivity index (χ0) is 48.8. The van der Waals surface area contributed by atoms with E-state index in [2.05, 4.69) is 165 Å². The predicted octanol–water partition coefficient (Wildman–Crippen LogP) is 19.2. The van der Waals surface area contributed by atoms with Crippen LogP contribution in [0.2, 0.25) is 0 Å².